The smallest absolute Gasteiger partial charge is 0.245 e. The van der Waals surface area contributed by atoms with Gasteiger partial charge < -0.3 is 4.18 Å². The number of amides is 1. The van der Waals surface area contributed by atoms with Crippen molar-refractivity contribution in [2.75, 3.05) is 20.8 Å². The average molecular weight is 390 g/mol. The molecule has 1 atom stereocenters. The van der Waals surface area contributed by atoms with Gasteiger partial charge >= 0.3 is 0 Å². The average Bonchev–Trinajstić information content (AvgIpc) is 2.68. The van der Waals surface area contributed by atoms with Gasteiger partial charge in [-0.15, -0.1) is 0 Å². The van der Waals surface area contributed by atoms with Crippen LogP contribution in [0.4, 0.5) is 0 Å². The van der Waals surface area contributed by atoms with Gasteiger partial charge in [-0.3, -0.25) is 9.63 Å². The summed E-state index contributed by atoms with van der Waals surface area (Å²) in [7, 11) is 1.46. The first-order valence-corrected chi connectivity index (χ1v) is 10.7. The molecule has 0 saturated carbocycles. The van der Waals surface area contributed by atoms with Gasteiger partial charge in [0, 0.05) is 23.3 Å². The summed E-state index contributed by atoms with van der Waals surface area (Å²) in [4.78, 5) is 19.1. The number of hydrogen-bond acceptors (Lipinski definition) is 3. The molecule has 0 N–H and O–H groups in total. The highest BCUT2D eigenvalue weighted by molar-refractivity contribution is 8.35. The number of hydrogen-bond donors (Lipinski definition) is 0. The molecule has 0 fully saturated rings. The molecule has 1 aliphatic heterocycles. The normalized spacial score (nSPS) is 23.1. The van der Waals surface area contributed by atoms with Gasteiger partial charge in [-0.2, -0.15) is 0 Å². The maximum atomic E-state index is 11.8. The van der Waals surface area contributed by atoms with E-state index in [0.717, 1.165) is 17.7 Å². The van der Waals surface area contributed by atoms with Crippen LogP contribution in [0.25, 0.3) is 0 Å². The van der Waals surface area contributed by atoms with Crippen molar-refractivity contribution in [1.82, 2.24) is 5.06 Å². The Morgan fingerprint density at radius 3 is 2.41 bits per heavy atom. The highest BCUT2D eigenvalue weighted by Crippen LogP contribution is 2.81. The van der Waals surface area contributed by atoms with Crippen LogP contribution in [0.2, 0.25) is 0 Å². The first-order valence-electron chi connectivity index (χ1n) is 9.19. The number of benzene rings is 1. The van der Waals surface area contributed by atoms with Crippen molar-refractivity contribution in [2.24, 2.45) is 0 Å². The topological polar surface area (TPSA) is 38.8 Å². The molecule has 2 rings (SSSR count). The molecular weight excluding hydrogens is 358 g/mol. The summed E-state index contributed by atoms with van der Waals surface area (Å²) in [6.07, 6.45) is 5.87. The molecule has 0 bridgehead atoms. The molecule has 0 aliphatic carbocycles. The first kappa shape index (κ1) is 21.5. The van der Waals surface area contributed by atoms with Crippen LogP contribution >= 0.6 is 10.3 Å². The Morgan fingerprint density at radius 1 is 1.19 bits per heavy atom. The van der Waals surface area contributed by atoms with E-state index in [4.69, 9.17) is 9.02 Å². The summed E-state index contributed by atoms with van der Waals surface area (Å²) in [5.74, 6) is -0.0211. The predicted molar refractivity (Wildman–Crippen MR) is 113 cm³/mol. The molecule has 0 spiro atoms. The number of allylic oxidation sites excluding steroid dienone is 2. The van der Waals surface area contributed by atoms with Crippen LogP contribution in [0, 0.1) is 0 Å². The Hall–Kier alpha value is -1.82. The Balaban J connectivity index is 2.15. The van der Waals surface area contributed by atoms with Gasteiger partial charge in [0.2, 0.25) is 5.91 Å². The molecule has 1 aromatic rings. The van der Waals surface area contributed by atoms with Crippen molar-refractivity contribution in [3.05, 3.63) is 66.1 Å². The van der Waals surface area contributed by atoms with Gasteiger partial charge in [0.25, 0.3) is 0 Å². The lowest BCUT2D eigenvalue weighted by Gasteiger charge is -2.61. The van der Waals surface area contributed by atoms with Crippen LogP contribution in [0.15, 0.2) is 71.0 Å². The number of hydroxylamine groups is 2. The van der Waals surface area contributed by atoms with Crippen LogP contribution in [0.5, 0.6) is 0 Å². The molecule has 148 valence electrons. The number of nitrogens with zero attached hydrogens (tertiary/aromatic N) is 1. The molecule has 1 aromatic carbocycles. The van der Waals surface area contributed by atoms with E-state index in [9.17, 15) is 4.79 Å². The van der Waals surface area contributed by atoms with Crippen LogP contribution in [-0.2, 0) is 13.8 Å². The third kappa shape index (κ3) is 3.77. The number of unbranched alkanes of at least 4 members (excludes halogenated alkanes) is 1. The molecule has 1 aliphatic rings. The maximum absolute atomic E-state index is 11.8. The predicted octanol–water partition coefficient (Wildman–Crippen LogP) is 5.39. The van der Waals surface area contributed by atoms with Gasteiger partial charge in [-0.05, 0) is 44.4 Å². The molecule has 4 nitrogen and oxygen atoms in total. The Labute approximate surface area is 165 Å². The van der Waals surface area contributed by atoms with Gasteiger partial charge in [-0.1, -0.05) is 53.8 Å². The molecule has 1 amide bonds. The Kier molecular flexibility index (Phi) is 7.09. The van der Waals surface area contributed by atoms with Crippen molar-refractivity contribution in [3.63, 3.8) is 0 Å². The summed E-state index contributed by atoms with van der Waals surface area (Å²) in [5, 5.41) is 1.27. The van der Waals surface area contributed by atoms with Crippen molar-refractivity contribution < 1.29 is 13.8 Å². The SMILES string of the molecule is C=CC1=C(C=C)S(OCCCCC(=O)N(C)OC)(c2ccccc2)C1(C)C. The van der Waals surface area contributed by atoms with E-state index in [1.54, 1.807) is 7.05 Å². The van der Waals surface area contributed by atoms with Crippen molar-refractivity contribution in [2.45, 2.75) is 42.8 Å². The molecule has 0 saturated heterocycles. The van der Waals surface area contributed by atoms with Crippen LogP contribution in [-0.4, -0.2) is 36.5 Å². The molecule has 0 aromatic heterocycles. The minimum Gasteiger partial charge on any atom is -0.327 e. The third-order valence-corrected chi connectivity index (χ3v) is 9.20. The fourth-order valence-corrected chi connectivity index (χ4v) is 7.63. The molecule has 0 radical (unpaired) electrons. The summed E-state index contributed by atoms with van der Waals surface area (Å²) in [6, 6.07) is 10.4. The van der Waals surface area contributed by atoms with Crippen LogP contribution in [0.3, 0.4) is 0 Å². The third-order valence-electron chi connectivity index (χ3n) is 5.08. The van der Waals surface area contributed by atoms with E-state index in [2.05, 4.69) is 51.3 Å². The zero-order valence-electron chi connectivity index (χ0n) is 16.9. The molecule has 27 heavy (non-hydrogen) atoms. The molecule has 1 heterocycles. The standard InChI is InChI=1S/C22H31NO3S/c1-7-19-20(8-2)27(22(19,3)4,18-14-10-9-11-15-18)26-17-13-12-16-21(24)23(5)25-6/h7-11,14-15H,1-2,12-13,16-17H2,3-6H3. The monoisotopic (exact) mass is 389 g/mol. The number of carbonyl (C=O) groups is 1. The highest BCUT2D eigenvalue weighted by atomic mass is 32.3. The van der Waals surface area contributed by atoms with Crippen molar-refractivity contribution in [1.29, 1.82) is 0 Å². The fourth-order valence-electron chi connectivity index (χ4n) is 3.54. The zero-order valence-corrected chi connectivity index (χ0v) is 17.7. The largest absolute Gasteiger partial charge is 0.327 e. The maximum Gasteiger partial charge on any atom is 0.245 e. The second-order valence-corrected chi connectivity index (χ2v) is 10.2. The van der Waals surface area contributed by atoms with Crippen molar-refractivity contribution in [3.8, 4) is 0 Å². The Bertz CT molecular complexity index is 726. The van der Waals surface area contributed by atoms with Crippen LogP contribution < -0.4 is 0 Å². The van der Waals surface area contributed by atoms with Crippen LogP contribution in [0.1, 0.15) is 33.1 Å². The summed E-state index contributed by atoms with van der Waals surface area (Å²) < 4.78 is 6.49. The zero-order chi connectivity index (χ0) is 20.1. The van der Waals surface area contributed by atoms with Gasteiger partial charge in [0.1, 0.15) is 0 Å². The highest BCUT2D eigenvalue weighted by Gasteiger charge is 2.55. The van der Waals surface area contributed by atoms with Gasteiger partial charge in [-0.25, -0.2) is 5.06 Å². The van der Waals surface area contributed by atoms with Crippen molar-refractivity contribution >= 4 is 16.2 Å². The minimum absolute atomic E-state index is 0.0211. The van der Waals surface area contributed by atoms with E-state index < -0.39 is 10.3 Å². The number of carbonyl (C=O) groups excluding carboxylic acids is 1. The second-order valence-electron chi connectivity index (χ2n) is 6.92. The van der Waals surface area contributed by atoms with E-state index in [-0.39, 0.29) is 10.7 Å². The minimum atomic E-state index is -1.66. The quantitative estimate of drug-likeness (QED) is 0.398. The van der Waals surface area contributed by atoms with E-state index in [0.29, 0.717) is 13.0 Å². The summed E-state index contributed by atoms with van der Waals surface area (Å²) in [5.41, 5.74) is 1.20. The molecule has 5 heteroatoms. The van der Waals surface area contributed by atoms with E-state index in [1.807, 2.05) is 18.2 Å². The van der Waals surface area contributed by atoms with E-state index >= 15 is 0 Å². The summed E-state index contributed by atoms with van der Waals surface area (Å²) >= 11 is 0. The lowest BCUT2D eigenvalue weighted by molar-refractivity contribution is -0.168. The molecule has 1 unspecified atom stereocenters. The van der Waals surface area contributed by atoms with Gasteiger partial charge in [0.15, 0.2) is 0 Å². The lowest BCUT2D eigenvalue weighted by atomic mass is 10.0. The lowest BCUT2D eigenvalue weighted by Crippen LogP contribution is -2.42. The summed E-state index contributed by atoms with van der Waals surface area (Å²) in [6.45, 7) is 13.1. The molecular formula is C22H31NO3S. The Morgan fingerprint density at radius 2 is 1.85 bits per heavy atom. The van der Waals surface area contributed by atoms with E-state index in [1.165, 1.54) is 22.6 Å². The van der Waals surface area contributed by atoms with Gasteiger partial charge in [0.05, 0.1) is 18.5 Å². The fraction of sp³-hybridized carbons (Fsp3) is 0.409. The first-order chi connectivity index (χ1) is 12.9. The number of rotatable bonds is 10. The second kappa shape index (κ2) is 8.91.